The minimum Gasteiger partial charge on any atom is -0.462 e. The van der Waals surface area contributed by atoms with E-state index < -0.39 is 47.9 Å². The van der Waals surface area contributed by atoms with E-state index in [1.165, 1.54) is 0 Å². The lowest BCUT2D eigenvalue weighted by Gasteiger charge is -2.24. The fourth-order valence-electron chi connectivity index (χ4n) is 7.00. The lowest BCUT2D eigenvalue weighted by molar-refractivity contribution is -0.148. The van der Waals surface area contributed by atoms with Gasteiger partial charge in [0.2, 0.25) is 11.8 Å². The molecule has 4 aromatic carbocycles. The number of amides is 3. The van der Waals surface area contributed by atoms with Gasteiger partial charge in [-0.25, -0.2) is 9.59 Å². The van der Waals surface area contributed by atoms with E-state index in [9.17, 15) is 24.3 Å². The number of carbonyl (C=O) groups is 4. The van der Waals surface area contributed by atoms with Crippen molar-refractivity contribution in [3.63, 3.8) is 0 Å². The van der Waals surface area contributed by atoms with Crippen LogP contribution in [0.15, 0.2) is 135 Å². The molecule has 0 aliphatic heterocycles. The standard InChI is InChI=1S/C47H53N3O8/c1-3-5-25-43(50-47(55)58-32-42-40-23-14-12-21-38(40)39-22-13-15-24-41(39)42)46(54)57-31-37(30-56-29-34-19-10-7-11-20-34)49-45(53)35(16-4-2)27-44(52)48-36(28-51)26-33-17-8-6-9-18-33/h3-4,6-15,17-24,35-37,42-43,51H,1-2,5,16,25-32H2,(H,48,52)(H,49,53)(H,50,55)/t35-,36-,37-,43-/m0/s1. The molecule has 0 spiro atoms. The molecule has 0 saturated carbocycles. The van der Waals surface area contributed by atoms with E-state index in [2.05, 4.69) is 41.2 Å². The lowest BCUT2D eigenvalue weighted by Crippen LogP contribution is -2.48. The topological polar surface area (TPSA) is 152 Å². The first-order chi connectivity index (χ1) is 28.3. The van der Waals surface area contributed by atoms with Crippen LogP contribution in [0.25, 0.3) is 11.1 Å². The third kappa shape index (κ3) is 12.7. The summed E-state index contributed by atoms with van der Waals surface area (Å²) in [7, 11) is 0. The highest BCUT2D eigenvalue weighted by Gasteiger charge is 2.31. The average molecular weight is 788 g/mol. The van der Waals surface area contributed by atoms with Crippen molar-refractivity contribution in [2.75, 3.05) is 26.4 Å². The molecular formula is C47H53N3O8. The van der Waals surface area contributed by atoms with Gasteiger partial charge >= 0.3 is 12.1 Å². The molecule has 0 heterocycles. The third-order valence-corrected chi connectivity index (χ3v) is 9.95. The number of esters is 1. The Bertz CT molecular complexity index is 1930. The molecule has 4 aromatic rings. The second-order valence-corrected chi connectivity index (χ2v) is 14.3. The van der Waals surface area contributed by atoms with Crippen molar-refractivity contribution < 1.29 is 38.5 Å². The average Bonchev–Trinajstić information content (AvgIpc) is 3.56. The predicted molar refractivity (Wildman–Crippen MR) is 222 cm³/mol. The van der Waals surface area contributed by atoms with Gasteiger partial charge in [-0.1, -0.05) is 121 Å². The van der Waals surface area contributed by atoms with Gasteiger partial charge < -0.3 is 35.3 Å². The normalized spacial score (nSPS) is 13.7. The Morgan fingerprint density at radius 3 is 1.95 bits per heavy atom. The number of hydrogen-bond donors (Lipinski definition) is 4. The van der Waals surface area contributed by atoms with Gasteiger partial charge in [-0.15, -0.1) is 13.2 Å². The maximum absolute atomic E-state index is 13.7. The van der Waals surface area contributed by atoms with E-state index in [1.54, 1.807) is 12.2 Å². The SMILES string of the molecule is C=CCC[C@H](NC(=O)OCC1c2ccccc2-c2ccccc21)C(=O)OC[C@H](COCc1ccccc1)NC(=O)[C@@H](CC=C)CC(=O)N[C@H](CO)Cc1ccccc1. The molecule has 3 amide bonds. The van der Waals surface area contributed by atoms with Gasteiger partial charge in [-0.05, 0) is 59.1 Å². The second kappa shape index (κ2) is 22.6. The van der Waals surface area contributed by atoms with Crippen molar-refractivity contribution in [1.82, 2.24) is 16.0 Å². The van der Waals surface area contributed by atoms with Crippen LogP contribution in [-0.2, 0) is 41.6 Å². The summed E-state index contributed by atoms with van der Waals surface area (Å²) in [6, 6.07) is 32.6. The Hall–Kier alpha value is -6.04. The molecule has 4 atom stereocenters. The Kier molecular flexibility index (Phi) is 16.8. The molecule has 1 aliphatic carbocycles. The molecule has 5 rings (SSSR count). The van der Waals surface area contributed by atoms with Crippen LogP contribution in [0, 0.1) is 5.92 Å². The van der Waals surface area contributed by atoms with Gasteiger partial charge in [0.25, 0.3) is 0 Å². The summed E-state index contributed by atoms with van der Waals surface area (Å²) in [4.78, 5) is 53.5. The van der Waals surface area contributed by atoms with Crippen molar-refractivity contribution in [1.29, 1.82) is 0 Å². The zero-order valence-electron chi connectivity index (χ0n) is 32.7. The van der Waals surface area contributed by atoms with Gasteiger partial charge in [-0.2, -0.15) is 0 Å². The molecule has 0 radical (unpaired) electrons. The number of allylic oxidation sites excluding steroid dienone is 2. The molecule has 0 saturated heterocycles. The third-order valence-electron chi connectivity index (χ3n) is 9.95. The molecule has 0 aromatic heterocycles. The van der Waals surface area contributed by atoms with Crippen LogP contribution < -0.4 is 16.0 Å². The van der Waals surface area contributed by atoms with Crippen LogP contribution in [0.2, 0.25) is 0 Å². The number of hydrogen-bond acceptors (Lipinski definition) is 8. The summed E-state index contributed by atoms with van der Waals surface area (Å²) >= 11 is 0. The van der Waals surface area contributed by atoms with E-state index in [1.807, 2.05) is 97.1 Å². The lowest BCUT2D eigenvalue weighted by atomic mass is 9.98. The monoisotopic (exact) mass is 787 g/mol. The molecule has 11 heteroatoms. The summed E-state index contributed by atoms with van der Waals surface area (Å²) in [5, 5.41) is 18.3. The zero-order chi connectivity index (χ0) is 41.1. The number of aliphatic hydroxyl groups excluding tert-OH is 1. The summed E-state index contributed by atoms with van der Waals surface area (Å²) in [5.41, 5.74) is 6.20. The summed E-state index contributed by atoms with van der Waals surface area (Å²) in [6.07, 6.45) is 3.53. The van der Waals surface area contributed by atoms with Gasteiger partial charge in [0.1, 0.15) is 19.3 Å². The highest BCUT2D eigenvalue weighted by Crippen LogP contribution is 2.44. The molecule has 0 fully saturated rings. The number of fused-ring (bicyclic) bond motifs is 3. The van der Waals surface area contributed by atoms with Crippen LogP contribution in [0.3, 0.4) is 0 Å². The molecule has 11 nitrogen and oxygen atoms in total. The molecule has 304 valence electrons. The minimum absolute atomic E-state index is 0.0122. The van der Waals surface area contributed by atoms with Gasteiger partial charge in [0.05, 0.1) is 37.8 Å². The Labute approximate surface area is 340 Å². The summed E-state index contributed by atoms with van der Waals surface area (Å²) in [6.45, 7) is 7.29. The Morgan fingerprint density at radius 1 is 0.707 bits per heavy atom. The van der Waals surface area contributed by atoms with Crippen molar-refractivity contribution in [2.45, 2.75) is 62.8 Å². The van der Waals surface area contributed by atoms with Crippen LogP contribution in [0.1, 0.15) is 53.9 Å². The number of alkyl carbamates (subject to hydrolysis) is 1. The van der Waals surface area contributed by atoms with Crippen LogP contribution in [0.5, 0.6) is 0 Å². The van der Waals surface area contributed by atoms with E-state index in [0.29, 0.717) is 12.8 Å². The molecule has 4 N–H and O–H groups in total. The number of benzene rings is 4. The maximum Gasteiger partial charge on any atom is 0.407 e. The largest absolute Gasteiger partial charge is 0.462 e. The molecular weight excluding hydrogens is 735 g/mol. The van der Waals surface area contributed by atoms with Crippen LogP contribution in [-0.4, -0.2) is 73.5 Å². The van der Waals surface area contributed by atoms with Gasteiger partial charge in [0, 0.05) is 12.3 Å². The summed E-state index contributed by atoms with van der Waals surface area (Å²) in [5.74, 6) is -2.52. The number of nitrogens with one attached hydrogen (secondary N) is 3. The van der Waals surface area contributed by atoms with Crippen molar-refractivity contribution >= 4 is 23.9 Å². The second-order valence-electron chi connectivity index (χ2n) is 14.3. The first-order valence-corrected chi connectivity index (χ1v) is 19.7. The first kappa shape index (κ1) is 43.1. The summed E-state index contributed by atoms with van der Waals surface area (Å²) < 4.78 is 17.4. The van der Waals surface area contributed by atoms with E-state index >= 15 is 0 Å². The predicted octanol–water partition coefficient (Wildman–Crippen LogP) is 6.41. The number of ether oxygens (including phenoxy) is 3. The maximum atomic E-state index is 13.7. The molecule has 0 bridgehead atoms. The van der Waals surface area contributed by atoms with E-state index in [4.69, 9.17) is 14.2 Å². The number of rotatable bonds is 23. The number of aliphatic hydroxyl groups is 1. The molecule has 1 aliphatic rings. The van der Waals surface area contributed by atoms with Crippen LogP contribution in [0.4, 0.5) is 4.79 Å². The Balaban J connectivity index is 1.20. The molecule has 0 unspecified atom stereocenters. The number of carbonyl (C=O) groups excluding carboxylic acids is 4. The van der Waals surface area contributed by atoms with E-state index in [-0.39, 0.29) is 58.2 Å². The van der Waals surface area contributed by atoms with Gasteiger partial charge in [0.15, 0.2) is 0 Å². The van der Waals surface area contributed by atoms with Gasteiger partial charge in [-0.3, -0.25) is 9.59 Å². The zero-order valence-corrected chi connectivity index (χ0v) is 32.7. The first-order valence-electron chi connectivity index (χ1n) is 19.7. The highest BCUT2D eigenvalue weighted by molar-refractivity contribution is 5.86. The smallest absolute Gasteiger partial charge is 0.407 e. The minimum atomic E-state index is -1.05. The molecule has 58 heavy (non-hydrogen) atoms. The van der Waals surface area contributed by atoms with Crippen molar-refractivity contribution in [3.05, 3.63) is 157 Å². The van der Waals surface area contributed by atoms with E-state index in [0.717, 1.165) is 33.4 Å². The van der Waals surface area contributed by atoms with Crippen molar-refractivity contribution in [3.8, 4) is 11.1 Å². The highest BCUT2D eigenvalue weighted by atomic mass is 16.6. The van der Waals surface area contributed by atoms with Crippen LogP contribution >= 0.6 is 0 Å². The Morgan fingerprint density at radius 2 is 1.33 bits per heavy atom. The fraction of sp³-hybridized carbons (Fsp3) is 0.319. The fourth-order valence-corrected chi connectivity index (χ4v) is 7.00. The quantitative estimate of drug-likeness (QED) is 0.0498. The van der Waals surface area contributed by atoms with Crippen molar-refractivity contribution in [2.24, 2.45) is 5.92 Å².